The summed E-state index contributed by atoms with van der Waals surface area (Å²) in [6.45, 7) is 2.42. The Morgan fingerprint density at radius 3 is 2.78 bits per heavy atom. The first-order valence-corrected chi connectivity index (χ1v) is 10.1. The van der Waals surface area contributed by atoms with Crippen LogP contribution in [0.1, 0.15) is 5.56 Å². The molecule has 1 aliphatic heterocycles. The lowest BCUT2D eigenvalue weighted by atomic mass is 10.2. The van der Waals surface area contributed by atoms with Gasteiger partial charge in [0.25, 0.3) is 11.8 Å². The highest BCUT2D eigenvalue weighted by molar-refractivity contribution is 9.11. The number of hydrogen-bond donors (Lipinski definition) is 2. The number of carbonyl (C=O) groups excluding carboxylic acids is 1. The minimum Gasteiger partial charge on any atom is -0.506 e. The maximum Gasteiger partial charge on any atom is 0.278 e. The van der Waals surface area contributed by atoms with Gasteiger partial charge in [-0.3, -0.25) is 4.79 Å². The third kappa shape index (κ3) is 5.37. The molecule has 0 spiro atoms. The highest BCUT2D eigenvalue weighted by atomic mass is 79.9. The number of halogens is 2. The average Bonchev–Trinajstić information content (AvgIpc) is 3.14. The summed E-state index contributed by atoms with van der Waals surface area (Å²) < 4.78 is 20.1. The molecule has 1 amide bonds. The maximum atomic E-state index is 11.9. The number of hydrogen-bond acceptors (Lipinski definition) is 9. The molecule has 1 aromatic carbocycles. The molecule has 0 atom stereocenters. The van der Waals surface area contributed by atoms with E-state index in [1.807, 2.05) is 4.90 Å². The Hall–Kier alpha value is -1.76. The summed E-state index contributed by atoms with van der Waals surface area (Å²) in [6.07, 6.45) is 1.45. The third-order valence-corrected chi connectivity index (χ3v) is 5.25. The van der Waals surface area contributed by atoms with Crippen LogP contribution in [0.5, 0.6) is 11.6 Å². The number of nitrogens with zero attached hydrogens (tertiary/aromatic N) is 4. The van der Waals surface area contributed by atoms with Crippen LogP contribution in [0.15, 0.2) is 26.2 Å². The van der Waals surface area contributed by atoms with E-state index < -0.39 is 5.91 Å². The van der Waals surface area contributed by atoms with Gasteiger partial charge in [0.15, 0.2) is 6.61 Å². The molecule has 1 saturated heterocycles. The molecule has 0 aliphatic carbocycles. The normalized spacial score (nSPS) is 14.5. The van der Waals surface area contributed by atoms with E-state index in [1.54, 1.807) is 12.1 Å². The fourth-order valence-electron chi connectivity index (χ4n) is 2.24. The number of phenols is 1. The number of rotatable bonds is 6. The molecule has 0 radical (unpaired) electrons. The second-order valence-corrected chi connectivity index (χ2v) is 7.64. The van der Waals surface area contributed by atoms with Crippen molar-refractivity contribution in [1.82, 2.24) is 14.2 Å². The molecule has 144 valence electrons. The lowest BCUT2D eigenvalue weighted by molar-refractivity contribution is -0.123. The van der Waals surface area contributed by atoms with Gasteiger partial charge in [-0.1, -0.05) is 0 Å². The van der Waals surface area contributed by atoms with Crippen molar-refractivity contribution in [2.75, 3.05) is 37.8 Å². The summed E-state index contributed by atoms with van der Waals surface area (Å²) in [5.41, 5.74) is 3.07. The molecule has 12 heteroatoms. The Bertz CT molecular complexity index is 818. The van der Waals surface area contributed by atoms with Gasteiger partial charge in [-0.15, -0.1) is 4.37 Å². The van der Waals surface area contributed by atoms with Crippen molar-refractivity contribution in [3.63, 3.8) is 0 Å². The maximum absolute atomic E-state index is 11.9. The van der Waals surface area contributed by atoms with Crippen molar-refractivity contribution in [2.45, 2.75) is 0 Å². The summed E-state index contributed by atoms with van der Waals surface area (Å²) in [5.74, 6) is 0.618. The van der Waals surface area contributed by atoms with Crippen LogP contribution in [-0.4, -0.2) is 58.9 Å². The Morgan fingerprint density at radius 2 is 2.07 bits per heavy atom. The second-order valence-electron chi connectivity index (χ2n) is 5.41. The van der Waals surface area contributed by atoms with Crippen LogP contribution in [0.3, 0.4) is 0 Å². The Kier molecular flexibility index (Phi) is 6.99. The van der Waals surface area contributed by atoms with Crippen LogP contribution in [0.25, 0.3) is 0 Å². The number of morpholine rings is 1. The number of hydrazone groups is 1. The van der Waals surface area contributed by atoms with Crippen LogP contribution in [-0.2, 0) is 9.53 Å². The summed E-state index contributed by atoms with van der Waals surface area (Å²) in [4.78, 5) is 13.9. The monoisotopic (exact) mass is 519 g/mol. The molecule has 2 aromatic rings. The molecule has 3 rings (SSSR count). The third-order valence-electron chi connectivity index (χ3n) is 3.54. The smallest absolute Gasteiger partial charge is 0.278 e. The first-order valence-electron chi connectivity index (χ1n) is 7.82. The number of carbonyl (C=O) groups is 1. The molecule has 0 unspecified atom stereocenters. The zero-order valence-corrected chi connectivity index (χ0v) is 17.9. The van der Waals surface area contributed by atoms with Crippen LogP contribution in [0, 0.1) is 0 Å². The number of aromatic hydroxyl groups is 1. The summed E-state index contributed by atoms with van der Waals surface area (Å²) in [6, 6.07) is 3.34. The van der Waals surface area contributed by atoms with E-state index in [1.165, 1.54) is 6.21 Å². The second kappa shape index (κ2) is 9.44. The lowest BCUT2D eigenvalue weighted by Crippen LogP contribution is -2.36. The molecule has 1 fully saturated rings. The van der Waals surface area contributed by atoms with Gasteiger partial charge in [0.2, 0.25) is 5.82 Å². The van der Waals surface area contributed by atoms with Gasteiger partial charge < -0.3 is 19.5 Å². The van der Waals surface area contributed by atoms with Crippen molar-refractivity contribution >= 4 is 61.5 Å². The molecule has 1 aliphatic rings. The van der Waals surface area contributed by atoms with E-state index in [2.05, 4.69) is 51.1 Å². The summed E-state index contributed by atoms with van der Waals surface area (Å²) in [7, 11) is 0. The van der Waals surface area contributed by atoms with Crippen LogP contribution >= 0.6 is 43.6 Å². The van der Waals surface area contributed by atoms with Crippen LogP contribution in [0.4, 0.5) is 5.82 Å². The molecule has 9 nitrogen and oxygen atoms in total. The molecule has 0 saturated carbocycles. The van der Waals surface area contributed by atoms with Crippen molar-refractivity contribution in [3.05, 3.63) is 26.6 Å². The van der Waals surface area contributed by atoms with Gasteiger partial charge in [-0.25, -0.2) is 5.43 Å². The van der Waals surface area contributed by atoms with Crippen LogP contribution in [0.2, 0.25) is 0 Å². The Morgan fingerprint density at radius 1 is 1.37 bits per heavy atom. The highest BCUT2D eigenvalue weighted by Gasteiger charge is 2.20. The van der Waals surface area contributed by atoms with Crippen molar-refractivity contribution in [1.29, 1.82) is 0 Å². The van der Waals surface area contributed by atoms with E-state index >= 15 is 0 Å². The molecule has 2 N–H and O–H groups in total. The Balaban J connectivity index is 1.51. The number of aromatic nitrogens is 2. The largest absolute Gasteiger partial charge is 0.506 e. The first kappa shape index (κ1) is 20.0. The predicted octanol–water partition coefficient (Wildman–Crippen LogP) is 2.13. The zero-order valence-electron chi connectivity index (χ0n) is 13.9. The quantitative estimate of drug-likeness (QED) is 0.443. The van der Waals surface area contributed by atoms with Crippen molar-refractivity contribution in [2.24, 2.45) is 5.10 Å². The van der Waals surface area contributed by atoms with Gasteiger partial charge in [0.1, 0.15) is 5.75 Å². The number of anilines is 1. The minimum absolute atomic E-state index is 0.0949. The number of nitrogens with one attached hydrogen (secondary N) is 1. The fourth-order valence-corrected chi connectivity index (χ4v) is 3.98. The van der Waals surface area contributed by atoms with Gasteiger partial charge >= 0.3 is 0 Å². The van der Waals surface area contributed by atoms with Gasteiger partial charge in [-0.2, -0.15) is 9.47 Å². The topological polar surface area (TPSA) is 109 Å². The van der Waals surface area contributed by atoms with Crippen molar-refractivity contribution < 1.29 is 19.4 Å². The van der Waals surface area contributed by atoms with Crippen molar-refractivity contribution in [3.8, 4) is 11.6 Å². The van der Waals surface area contributed by atoms with Crippen LogP contribution < -0.4 is 15.1 Å². The van der Waals surface area contributed by atoms with Gasteiger partial charge in [0.05, 0.1) is 40.1 Å². The molecule has 27 heavy (non-hydrogen) atoms. The molecular formula is C15H15Br2N5O4S. The zero-order chi connectivity index (χ0) is 19.2. The summed E-state index contributed by atoms with van der Waals surface area (Å²) in [5, 5.41) is 13.6. The predicted molar refractivity (Wildman–Crippen MR) is 108 cm³/mol. The average molecular weight is 521 g/mol. The number of phenolic OH excluding ortho intramolecular Hbond substituents is 1. The van der Waals surface area contributed by atoms with Gasteiger partial charge in [0, 0.05) is 13.1 Å². The SMILES string of the molecule is O=C(COc1nsnc1N1CCOCC1)N/N=C/c1cc(Br)c(O)c(Br)c1. The number of ether oxygens (including phenoxy) is 2. The molecular weight excluding hydrogens is 506 g/mol. The van der Waals surface area contributed by atoms with E-state index in [-0.39, 0.29) is 12.4 Å². The Labute approximate surface area is 175 Å². The lowest BCUT2D eigenvalue weighted by Gasteiger charge is -2.26. The fraction of sp³-hybridized carbons (Fsp3) is 0.333. The summed E-state index contributed by atoms with van der Waals surface area (Å²) >= 11 is 7.50. The van der Waals surface area contributed by atoms with E-state index in [4.69, 9.17) is 9.47 Å². The van der Waals surface area contributed by atoms with E-state index in [0.717, 1.165) is 11.7 Å². The number of benzene rings is 1. The first-order chi connectivity index (χ1) is 13.0. The molecule has 1 aromatic heterocycles. The molecule has 0 bridgehead atoms. The standard InChI is InChI=1S/C15H15Br2N5O4S/c16-10-5-9(6-11(17)13(10)24)7-18-19-12(23)8-26-15-14(20-27-21-15)22-1-3-25-4-2-22/h5-7,24H,1-4,8H2,(H,19,23)/b18-7+. The minimum atomic E-state index is -0.427. The van der Waals surface area contributed by atoms with Gasteiger partial charge in [-0.05, 0) is 49.6 Å². The number of amides is 1. The molecule has 2 heterocycles. The highest BCUT2D eigenvalue weighted by Crippen LogP contribution is 2.32. The van der Waals surface area contributed by atoms with E-state index in [9.17, 15) is 9.90 Å². The van der Waals surface area contributed by atoms with E-state index in [0.29, 0.717) is 52.5 Å².